The second kappa shape index (κ2) is 6.34. The second-order valence-corrected chi connectivity index (χ2v) is 8.93. The maximum atomic E-state index is 6.31. The van der Waals surface area contributed by atoms with Gasteiger partial charge in [-0.1, -0.05) is 37.0 Å². The Bertz CT molecular complexity index is 971. The van der Waals surface area contributed by atoms with Crippen LogP contribution < -0.4 is 0 Å². The van der Waals surface area contributed by atoms with Crippen molar-refractivity contribution >= 4 is 66.0 Å². The predicted molar refractivity (Wildman–Crippen MR) is 111 cm³/mol. The van der Waals surface area contributed by atoms with Crippen molar-refractivity contribution in [1.29, 1.82) is 0 Å². The van der Waals surface area contributed by atoms with Crippen LogP contribution in [0.1, 0.15) is 23.6 Å². The second-order valence-electron chi connectivity index (χ2n) is 5.79. The summed E-state index contributed by atoms with van der Waals surface area (Å²) in [6, 6.07) is 12.4. The Labute approximate surface area is 159 Å². The number of hydrogen-bond acceptors (Lipinski definition) is 2. The lowest BCUT2D eigenvalue weighted by Gasteiger charge is -2.06. The SMILES string of the molecule is CCc1sc2ccc(Cl)cc2c1-c1c(CC)sc2ccc(Cl)cc12. The highest BCUT2D eigenvalue weighted by atomic mass is 35.5. The zero-order valence-corrected chi connectivity index (χ0v) is 16.6. The molecule has 0 atom stereocenters. The average Bonchev–Trinajstić information content (AvgIpc) is 3.11. The molecule has 4 aromatic rings. The minimum Gasteiger partial charge on any atom is -0.140 e. The highest BCUT2D eigenvalue weighted by molar-refractivity contribution is 7.21. The van der Waals surface area contributed by atoms with Gasteiger partial charge in [0, 0.05) is 51.1 Å². The first-order valence-corrected chi connectivity index (χ1v) is 10.4. The molecule has 24 heavy (non-hydrogen) atoms. The topological polar surface area (TPSA) is 0 Å². The molecular weight excluding hydrogens is 375 g/mol. The normalized spacial score (nSPS) is 11.7. The molecule has 122 valence electrons. The molecule has 4 heteroatoms. The lowest BCUT2D eigenvalue weighted by atomic mass is 9.97. The van der Waals surface area contributed by atoms with Crippen LogP contribution in [0.2, 0.25) is 10.0 Å². The number of rotatable bonds is 3. The van der Waals surface area contributed by atoms with Crippen LogP contribution in [0.25, 0.3) is 31.3 Å². The first kappa shape index (κ1) is 16.4. The summed E-state index contributed by atoms with van der Waals surface area (Å²) in [5, 5.41) is 4.11. The maximum absolute atomic E-state index is 6.31. The van der Waals surface area contributed by atoms with Gasteiger partial charge in [0.25, 0.3) is 0 Å². The highest BCUT2D eigenvalue weighted by Gasteiger charge is 2.20. The van der Waals surface area contributed by atoms with E-state index in [2.05, 4.69) is 38.1 Å². The fourth-order valence-corrected chi connectivity index (χ4v) is 5.89. The lowest BCUT2D eigenvalue weighted by molar-refractivity contribution is 1.17. The van der Waals surface area contributed by atoms with Crippen molar-refractivity contribution in [2.75, 3.05) is 0 Å². The van der Waals surface area contributed by atoms with E-state index in [4.69, 9.17) is 23.2 Å². The zero-order valence-electron chi connectivity index (χ0n) is 13.5. The Hall–Kier alpha value is -1.06. The number of hydrogen-bond donors (Lipinski definition) is 0. The molecule has 0 saturated heterocycles. The Morgan fingerprint density at radius 1 is 0.708 bits per heavy atom. The van der Waals surface area contributed by atoms with E-state index in [0.717, 1.165) is 22.9 Å². The lowest BCUT2D eigenvalue weighted by Crippen LogP contribution is -1.85. The molecule has 2 aromatic carbocycles. The van der Waals surface area contributed by atoms with Crippen molar-refractivity contribution in [3.63, 3.8) is 0 Å². The summed E-state index contributed by atoms with van der Waals surface area (Å²) in [5.74, 6) is 0. The smallest absolute Gasteiger partial charge is 0.0413 e. The Morgan fingerprint density at radius 3 is 1.50 bits per heavy atom. The predicted octanol–water partition coefficient (Wildman–Crippen LogP) is 8.21. The van der Waals surface area contributed by atoms with Gasteiger partial charge in [-0.15, -0.1) is 22.7 Å². The van der Waals surface area contributed by atoms with E-state index in [1.165, 1.54) is 41.1 Å². The summed E-state index contributed by atoms with van der Waals surface area (Å²) in [5.41, 5.74) is 2.70. The van der Waals surface area contributed by atoms with Gasteiger partial charge < -0.3 is 0 Å². The van der Waals surface area contributed by atoms with Gasteiger partial charge in [-0.3, -0.25) is 0 Å². The van der Waals surface area contributed by atoms with E-state index in [1.54, 1.807) is 0 Å². The van der Waals surface area contributed by atoms with E-state index >= 15 is 0 Å². The molecule has 0 amide bonds. The summed E-state index contributed by atoms with van der Waals surface area (Å²) < 4.78 is 2.60. The first-order valence-electron chi connectivity index (χ1n) is 8.04. The molecule has 0 N–H and O–H groups in total. The summed E-state index contributed by atoms with van der Waals surface area (Å²) >= 11 is 16.4. The quantitative estimate of drug-likeness (QED) is 0.330. The summed E-state index contributed by atoms with van der Waals surface area (Å²) in [7, 11) is 0. The molecule has 0 aliphatic carbocycles. The maximum Gasteiger partial charge on any atom is 0.0413 e. The van der Waals surface area contributed by atoms with Gasteiger partial charge >= 0.3 is 0 Å². The van der Waals surface area contributed by atoms with E-state index < -0.39 is 0 Å². The van der Waals surface area contributed by atoms with Crippen LogP contribution >= 0.6 is 45.9 Å². The zero-order chi connectivity index (χ0) is 16.8. The van der Waals surface area contributed by atoms with E-state index in [1.807, 2.05) is 34.8 Å². The van der Waals surface area contributed by atoms with Crippen molar-refractivity contribution in [3.05, 3.63) is 56.2 Å². The average molecular weight is 391 g/mol. The van der Waals surface area contributed by atoms with Crippen molar-refractivity contribution < 1.29 is 0 Å². The Balaban J connectivity index is 2.16. The molecular formula is C20H16Cl2S2. The summed E-state index contributed by atoms with van der Waals surface area (Å²) in [6.45, 7) is 4.45. The van der Waals surface area contributed by atoms with E-state index in [9.17, 15) is 0 Å². The van der Waals surface area contributed by atoms with Gasteiger partial charge in [0.15, 0.2) is 0 Å². The van der Waals surface area contributed by atoms with Crippen molar-refractivity contribution in [3.8, 4) is 11.1 Å². The monoisotopic (exact) mass is 390 g/mol. The first-order chi connectivity index (χ1) is 11.6. The molecule has 2 heterocycles. The van der Waals surface area contributed by atoms with Gasteiger partial charge in [-0.2, -0.15) is 0 Å². The molecule has 4 rings (SSSR count). The minimum atomic E-state index is 0.791. The molecule has 0 radical (unpaired) electrons. The molecule has 2 aromatic heterocycles. The highest BCUT2D eigenvalue weighted by Crippen LogP contribution is 2.47. The molecule has 0 spiro atoms. The van der Waals surface area contributed by atoms with Gasteiger partial charge in [0.2, 0.25) is 0 Å². The van der Waals surface area contributed by atoms with Crippen LogP contribution in [0, 0.1) is 0 Å². The molecule has 0 nitrogen and oxygen atoms in total. The number of aryl methyl sites for hydroxylation is 2. The van der Waals surface area contributed by atoms with Crippen molar-refractivity contribution in [1.82, 2.24) is 0 Å². The molecule has 0 fully saturated rings. The number of fused-ring (bicyclic) bond motifs is 2. The Morgan fingerprint density at radius 2 is 1.12 bits per heavy atom. The van der Waals surface area contributed by atoms with Crippen LogP contribution in [0.15, 0.2) is 36.4 Å². The number of halogens is 2. The third-order valence-electron chi connectivity index (χ3n) is 4.34. The number of thiophene rings is 2. The minimum absolute atomic E-state index is 0.791. The summed E-state index contributed by atoms with van der Waals surface area (Å²) in [4.78, 5) is 2.84. The van der Waals surface area contributed by atoms with Crippen molar-refractivity contribution in [2.45, 2.75) is 26.7 Å². The molecule has 0 unspecified atom stereocenters. The number of benzene rings is 2. The van der Waals surface area contributed by atoms with Crippen LogP contribution in [-0.4, -0.2) is 0 Å². The standard InChI is InChI=1S/C20H16Cl2S2/c1-3-15-19(13-9-11(21)5-7-17(13)23-15)20-14-10-12(22)6-8-18(14)24-16(20)4-2/h5-10H,3-4H2,1-2H3. The fraction of sp³-hybridized carbons (Fsp3) is 0.200. The van der Waals surface area contributed by atoms with Crippen LogP contribution in [0.3, 0.4) is 0 Å². The van der Waals surface area contributed by atoms with Gasteiger partial charge in [-0.05, 0) is 49.2 Å². The third kappa shape index (κ3) is 2.57. The van der Waals surface area contributed by atoms with E-state index in [0.29, 0.717) is 0 Å². The van der Waals surface area contributed by atoms with Gasteiger partial charge in [-0.25, -0.2) is 0 Å². The largest absolute Gasteiger partial charge is 0.140 e. The van der Waals surface area contributed by atoms with Gasteiger partial charge in [0.1, 0.15) is 0 Å². The van der Waals surface area contributed by atoms with Crippen molar-refractivity contribution in [2.24, 2.45) is 0 Å². The molecule has 0 bridgehead atoms. The van der Waals surface area contributed by atoms with Crippen LogP contribution in [0.5, 0.6) is 0 Å². The fourth-order valence-electron chi connectivity index (χ4n) is 3.29. The third-order valence-corrected chi connectivity index (χ3v) is 7.44. The molecule has 0 aliphatic heterocycles. The molecule has 0 saturated carbocycles. The Kier molecular flexibility index (Phi) is 4.34. The summed E-state index contributed by atoms with van der Waals surface area (Å²) in [6.07, 6.45) is 2.04. The van der Waals surface area contributed by atoms with E-state index in [-0.39, 0.29) is 0 Å². The molecule has 0 aliphatic rings. The van der Waals surface area contributed by atoms with Crippen LogP contribution in [-0.2, 0) is 12.8 Å². The van der Waals surface area contributed by atoms with Crippen LogP contribution in [0.4, 0.5) is 0 Å². The van der Waals surface area contributed by atoms with Gasteiger partial charge in [0.05, 0.1) is 0 Å².